The van der Waals surface area contributed by atoms with Crippen molar-refractivity contribution in [3.8, 4) is 5.69 Å². The molecule has 1 aliphatic carbocycles. The van der Waals surface area contributed by atoms with E-state index in [1.165, 1.54) is 0 Å². The van der Waals surface area contributed by atoms with Crippen LogP contribution in [0.1, 0.15) is 59.5 Å². The first-order valence-electron chi connectivity index (χ1n) is 11.0. The zero-order chi connectivity index (χ0) is 23.6. The van der Waals surface area contributed by atoms with Crippen LogP contribution in [0.2, 0.25) is 5.02 Å². The van der Waals surface area contributed by atoms with Crippen molar-refractivity contribution < 1.29 is 13.2 Å². The molecule has 7 nitrogen and oxygen atoms in total. The number of anilines is 1. The first-order chi connectivity index (χ1) is 15.7. The molecule has 0 saturated heterocycles. The predicted molar refractivity (Wildman–Crippen MR) is 131 cm³/mol. The zero-order valence-electron chi connectivity index (χ0n) is 18.6. The van der Waals surface area contributed by atoms with Crippen LogP contribution < -0.4 is 10.0 Å². The number of amides is 1. The summed E-state index contributed by atoms with van der Waals surface area (Å²) in [6.07, 6.45) is 5.99. The molecule has 0 aliphatic heterocycles. The Kier molecular flexibility index (Phi) is 6.76. The van der Waals surface area contributed by atoms with Crippen molar-refractivity contribution in [3.63, 3.8) is 0 Å². The minimum absolute atomic E-state index is 0.241. The van der Waals surface area contributed by atoms with Gasteiger partial charge in [0, 0.05) is 22.0 Å². The van der Waals surface area contributed by atoms with Crippen LogP contribution in [-0.4, -0.2) is 30.4 Å². The number of carbonyl (C=O) groups is 1. The van der Waals surface area contributed by atoms with Gasteiger partial charge in [-0.25, -0.2) is 13.1 Å². The Bertz CT molecular complexity index is 1270. The molecule has 0 fully saturated rings. The van der Waals surface area contributed by atoms with Gasteiger partial charge in [0.2, 0.25) is 10.0 Å². The van der Waals surface area contributed by atoms with Crippen LogP contribution in [0.5, 0.6) is 0 Å². The normalized spacial score (nSPS) is 14.8. The second-order valence-corrected chi connectivity index (χ2v) is 10.6. The molecule has 1 atom stereocenters. The van der Waals surface area contributed by atoms with Gasteiger partial charge in [-0.05, 0) is 74.6 Å². The van der Waals surface area contributed by atoms with E-state index in [1.54, 1.807) is 18.2 Å². The second kappa shape index (κ2) is 9.57. The average Bonchev–Trinajstić information content (AvgIpc) is 2.94. The molecule has 1 heterocycles. The van der Waals surface area contributed by atoms with Crippen molar-refractivity contribution in [1.82, 2.24) is 15.1 Å². The van der Waals surface area contributed by atoms with Gasteiger partial charge in [0.15, 0.2) is 5.69 Å². The van der Waals surface area contributed by atoms with E-state index < -0.39 is 10.0 Å². The fourth-order valence-electron chi connectivity index (χ4n) is 4.19. The molecule has 33 heavy (non-hydrogen) atoms. The van der Waals surface area contributed by atoms with Crippen LogP contribution >= 0.6 is 11.6 Å². The number of carbonyl (C=O) groups excluding carboxylic acids is 1. The topological polar surface area (TPSA) is 93.1 Å². The molecule has 0 spiro atoms. The summed E-state index contributed by atoms with van der Waals surface area (Å²) in [4.78, 5) is 13.3. The Labute approximate surface area is 199 Å². The van der Waals surface area contributed by atoms with Gasteiger partial charge in [-0.3, -0.25) is 9.52 Å². The first-order valence-corrected chi connectivity index (χ1v) is 13.2. The molecule has 0 saturated carbocycles. The number of nitrogens with zero attached hydrogens (tertiary/aromatic N) is 2. The SMILES string of the molecule is CC(NC(=O)c1nn(-c2ccc(Cl)cc2)c2c1CCCCC2)c1cccc(NS(C)(=O)=O)c1. The number of aromatic nitrogens is 2. The first kappa shape index (κ1) is 23.3. The van der Waals surface area contributed by atoms with E-state index in [-0.39, 0.29) is 11.9 Å². The Balaban J connectivity index is 1.62. The molecule has 2 aromatic carbocycles. The van der Waals surface area contributed by atoms with Gasteiger partial charge >= 0.3 is 0 Å². The minimum atomic E-state index is -3.38. The molecule has 1 unspecified atom stereocenters. The molecular weight excluding hydrogens is 460 g/mol. The summed E-state index contributed by atoms with van der Waals surface area (Å²) in [5.41, 5.74) is 4.65. The van der Waals surface area contributed by atoms with Crippen LogP contribution in [0.25, 0.3) is 5.69 Å². The van der Waals surface area contributed by atoms with Gasteiger partial charge in [-0.1, -0.05) is 30.2 Å². The molecule has 1 aromatic heterocycles. The highest BCUT2D eigenvalue weighted by atomic mass is 35.5. The van der Waals surface area contributed by atoms with Crippen molar-refractivity contribution >= 4 is 33.2 Å². The maximum Gasteiger partial charge on any atom is 0.272 e. The molecule has 4 rings (SSSR count). The molecule has 174 valence electrons. The molecule has 3 aromatic rings. The monoisotopic (exact) mass is 486 g/mol. The van der Waals surface area contributed by atoms with Crippen LogP contribution in [0, 0.1) is 0 Å². The third-order valence-corrected chi connectivity index (χ3v) is 6.61. The van der Waals surface area contributed by atoms with Crippen LogP contribution in [0.3, 0.4) is 0 Å². The van der Waals surface area contributed by atoms with Gasteiger partial charge in [0.1, 0.15) is 0 Å². The van der Waals surface area contributed by atoms with Gasteiger partial charge < -0.3 is 5.32 Å². The summed E-state index contributed by atoms with van der Waals surface area (Å²) in [5.74, 6) is -0.241. The van der Waals surface area contributed by atoms with Gasteiger partial charge in [-0.15, -0.1) is 0 Å². The lowest BCUT2D eigenvalue weighted by atomic mass is 10.1. The third kappa shape index (κ3) is 5.57. The van der Waals surface area contributed by atoms with E-state index in [9.17, 15) is 13.2 Å². The second-order valence-electron chi connectivity index (χ2n) is 8.42. The van der Waals surface area contributed by atoms with Crippen molar-refractivity contribution in [3.05, 3.63) is 76.1 Å². The summed E-state index contributed by atoms with van der Waals surface area (Å²) in [6.45, 7) is 1.87. The molecule has 1 amide bonds. The largest absolute Gasteiger partial charge is 0.344 e. The third-order valence-electron chi connectivity index (χ3n) is 5.75. The quantitative estimate of drug-likeness (QED) is 0.495. The minimum Gasteiger partial charge on any atom is -0.344 e. The van der Waals surface area contributed by atoms with E-state index in [1.807, 2.05) is 41.9 Å². The standard InChI is InChI=1S/C24H27ClN4O3S/c1-16(17-7-6-8-19(15-17)28-33(2,31)32)26-24(30)23-21-9-4-3-5-10-22(21)29(27-23)20-13-11-18(25)12-14-20/h6-8,11-16,28H,3-5,9-10H2,1-2H3,(H,26,30). The lowest BCUT2D eigenvalue weighted by molar-refractivity contribution is 0.0933. The highest BCUT2D eigenvalue weighted by Crippen LogP contribution is 2.28. The van der Waals surface area contributed by atoms with Crippen molar-refractivity contribution in [2.75, 3.05) is 11.0 Å². The lowest BCUT2D eigenvalue weighted by Gasteiger charge is -2.15. The maximum absolute atomic E-state index is 13.3. The highest BCUT2D eigenvalue weighted by molar-refractivity contribution is 7.92. The van der Waals surface area contributed by atoms with Crippen molar-refractivity contribution in [2.24, 2.45) is 0 Å². The van der Waals surface area contributed by atoms with E-state index in [0.29, 0.717) is 16.4 Å². The summed E-state index contributed by atoms with van der Waals surface area (Å²) in [5, 5.41) is 8.40. The smallest absolute Gasteiger partial charge is 0.272 e. The number of nitrogens with one attached hydrogen (secondary N) is 2. The number of halogens is 1. The Hall–Kier alpha value is -2.84. The Morgan fingerprint density at radius 3 is 2.55 bits per heavy atom. The number of benzene rings is 2. The van der Waals surface area contributed by atoms with Crippen LogP contribution in [0.15, 0.2) is 48.5 Å². The fourth-order valence-corrected chi connectivity index (χ4v) is 4.87. The molecular formula is C24H27ClN4O3S. The highest BCUT2D eigenvalue weighted by Gasteiger charge is 2.25. The summed E-state index contributed by atoms with van der Waals surface area (Å²) >= 11 is 6.05. The molecule has 1 aliphatic rings. The average molecular weight is 487 g/mol. The van der Waals surface area contributed by atoms with Crippen LogP contribution in [0.4, 0.5) is 5.69 Å². The molecule has 9 heteroatoms. The van der Waals surface area contributed by atoms with Gasteiger partial charge in [-0.2, -0.15) is 5.10 Å². The summed E-state index contributed by atoms with van der Waals surface area (Å²) in [6, 6.07) is 14.1. The molecule has 0 radical (unpaired) electrons. The summed E-state index contributed by atoms with van der Waals surface area (Å²) in [7, 11) is -3.38. The zero-order valence-corrected chi connectivity index (χ0v) is 20.2. The number of rotatable bonds is 6. The number of hydrogen-bond acceptors (Lipinski definition) is 4. The van der Waals surface area contributed by atoms with E-state index >= 15 is 0 Å². The number of hydrogen-bond donors (Lipinski definition) is 2. The predicted octanol–water partition coefficient (Wildman–Crippen LogP) is 4.66. The molecule has 0 bridgehead atoms. The van der Waals surface area contributed by atoms with Crippen molar-refractivity contribution in [1.29, 1.82) is 0 Å². The van der Waals surface area contributed by atoms with E-state index in [2.05, 4.69) is 10.0 Å². The van der Waals surface area contributed by atoms with Gasteiger partial charge in [0.25, 0.3) is 5.91 Å². The maximum atomic E-state index is 13.3. The Morgan fingerprint density at radius 1 is 1.09 bits per heavy atom. The Morgan fingerprint density at radius 2 is 1.82 bits per heavy atom. The van der Waals surface area contributed by atoms with Crippen LogP contribution in [-0.2, 0) is 22.9 Å². The number of fused-ring (bicyclic) bond motifs is 1. The molecule has 2 N–H and O–H groups in total. The lowest BCUT2D eigenvalue weighted by Crippen LogP contribution is -2.28. The van der Waals surface area contributed by atoms with E-state index in [4.69, 9.17) is 16.7 Å². The number of sulfonamides is 1. The van der Waals surface area contributed by atoms with Gasteiger partial charge in [0.05, 0.1) is 18.0 Å². The van der Waals surface area contributed by atoms with Crippen molar-refractivity contribution in [2.45, 2.75) is 45.1 Å². The summed E-state index contributed by atoms with van der Waals surface area (Å²) < 4.78 is 27.4. The fraction of sp³-hybridized carbons (Fsp3) is 0.333. The van der Waals surface area contributed by atoms with E-state index in [0.717, 1.165) is 60.9 Å².